The third-order valence-electron chi connectivity index (χ3n) is 2.47. The number of Topliss-reactive ketones (excluding diaryl/α,β-unsaturated/α-hetero) is 1. The van der Waals surface area contributed by atoms with E-state index in [0.717, 1.165) is 0 Å². The van der Waals surface area contributed by atoms with E-state index in [1.165, 1.54) is 0 Å². The summed E-state index contributed by atoms with van der Waals surface area (Å²) in [6.45, 7) is 3.06. The molecule has 1 aliphatic rings. The molecular weight excluding hydrogens is 170 g/mol. The predicted molar refractivity (Wildman–Crippen MR) is 47.5 cm³/mol. The lowest BCUT2D eigenvalue weighted by Gasteiger charge is -2.30. The molecule has 1 aliphatic heterocycles. The van der Waals surface area contributed by atoms with Crippen molar-refractivity contribution >= 4 is 11.8 Å². The molecule has 1 N–H and O–H groups in total. The van der Waals surface area contributed by atoms with Crippen LogP contribution in [0, 0.1) is 0 Å². The van der Waals surface area contributed by atoms with Crippen molar-refractivity contribution in [1.29, 1.82) is 0 Å². The molecule has 1 atom stereocenters. The third kappa shape index (κ3) is 2.52. The molecule has 0 amide bonds. The van der Waals surface area contributed by atoms with Crippen molar-refractivity contribution in [2.45, 2.75) is 32.2 Å². The second-order valence-corrected chi connectivity index (χ2v) is 3.34. The molecule has 0 aliphatic carbocycles. The second kappa shape index (κ2) is 4.37. The van der Waals surface area contributed by atoms with E-state index in [2.05, 4.69) is 0 Å². The van der Waals surface area contributed by atoms with Crippen LogP contribution in [0.1, 0.15) is 26.2 Å². The Hall–Kier alpha value is -0.900. The molecule has 0 aromatic carbocycles. The summed E-state index contributed by atoms with van der Waals surface area (Å²) in [6, 6.07) is -0.409. The van der Waals surface area contributed by atoms with Gasteiger partial charge in [0.25, 0.3) is 0 Å². The van der Waals surface area contributed by atoms with E-state index in [9.17, 15) is 9.59 Å². The van der Waals surface area contributed by atoms with Crippen molar-refractivity contribution in [1.82, 2.24) is 4.90 Å². The highest BCUT2D eigenvalue weighted by atomic mass is 16.4. The standard InChI is InChI=1S/C9H15NO3/c1-2-8(9(12)13)10-5-3-7(11)4-6-10/h8H,2-6H2,1H3,(H,12,13). The molecule has 0 saturated carbocycles. The van der Waals surface area contributed by atoms with E-state index in [4.69, 9.17) is 5.11 Å². The average Bonchev–Trinajstić information content (AvgIpc) is 2.09. The molecule has 0 radical (unpaired) electrons. The highest BCUT2D eigenvalue weighted by Crippen LogP contribution is 2.12. The number of carbonyl (C=O) groups is 2. The Balaban J connectivity index is 2.50. The van der Waals surface area contributed by atoms with E-state index in [1.54, 1.807) is 0 Å². The van der Waals surface area contributed by atoms with Crippen LogP contribution in [0.3, 0.4) is 0 Å². The van der Waals surface area contributed by atoms with Crippen LogP contribution in [0.4, 0.5) is 0 Å². The predicted octanol–water partition coefficient (Wildman–Crippen LogP) is 0.514. The van der Waals surface area contributed by atoms with Gasteiger partial charge in [0.15, 0.2) is 0 Å². The van der Waals surface area contributed by atoms with Crippen LogP contribution in [0.5, 0.6) is 0 Å². The van der Waals surface area contributed by atoms with Gasteiger partial charge in [0.2, 0.25) is 0 Å². The Kier molecular flexibility index (Phi) is 3.42. The summed E-state index contributed by atoms with van der Waals surface area (Å²) in [7, 11) is 0. The average molecular weight is 185 g/mol. The molecule has 0 bridgehead atoms. The van der Waals surface area contributed by atoms with Gasteiger partial charge in [0.05, 0.1) is 0 Å². The van der Waals surface area contributed by atoms with Crippen LogP contribution in [-0.4, -0.2) is 40.9 Å². The van der Waals surface area contributed by atoms with Gasteiger partial charge in [-0.05, 0) is 6.42 Å². The zero-order chi connectivity index (χ0) is 9.84. The number of carboxylic acids is 1. The lowest BCUT2D eigenvalue weighted by molar-refractivity contribution is -0.145. The number of piperidine rings is 1. The largest absolute Gasteiger partial charge is 0.480 e. The van der Waals surface area contributed by atoms with E-state index in [1.807, 2.05) is 11.8 Å². The van der Waals surface area contributed by atoms with Crippen molar-refractivity contribution < 1.29 is 14.7 Å². The number of rotatable bonds is 3. The topological polar surface area (TPSA) is 57.6 Å². The molecule has 0 aromatic rings. The van der Waals surface area contributed by atoms with E-state index in [-0.39, 0.29) is 5.78 Å². The minimum atomic E-state index is -0.781. The first-order chi connectivity index (χ1) is 6.15. The molecule has 13 heavy (non-hydrogen) atoms. The highest BCUT2D eigenvalue weighted by molar-refractivity contribution is 5.80. The maximum atomic E-state index is 10.9. The number of hydrogen-bond donors (Lipinski definition) is 1. The van der Waals surface area contributed by atoms with Gasteiger partial charge in [-0.25, -0.2) is 0 Å². The molecule has 1 fully saturated rings. The van der Waals surface area contributed by atoms with E-state index in [0.29, 0.717) is 32.4 Å². The number of likely N-dealkylation sites (tertiary alicyclic amines) is 1. The first-order valence-electron chi connectivity index (χ1n) is 4.63. The van der Waals surface area contributed by atoms with Gasteiger partial charge in [-0.3, -0.25) is 14.5 Å². The van der Waals surface area contributed by atoms with Gasteiger partial charge in [-0.15, -0.1) is 0 Å². The van der Waals surface area contributed by atoms with Crippen molar-refractivity contribution in [3.63, 3.8) is 0 Å². The molecule has 1 rings (SSSR count). The highest BCUT2D eigenvalue weighted by Gasteiger charge is 2.26. The van der Waals surface area contributed by atoms with Gasteiger partial charge in [0.1, 0.15) is 11.8 Å². The van der Waals surface area contributed by atoms with Gasteiger partial charge in [0, 0.05) is 25.9 Å². The van der Waals surface area contributed by atoms with Gasteiger partial charge in [-0.1, -0.05) is 6.92 Å². The summed E-state index contributed by atoms with van der Waals surface area (Å²) in [5.41, 5.74) is 0. The Labute approximate surface area is 77.5 Å². The normalized spacial score (nSPS) is 21.5. The van der Waals surface area contributed by atoms with Crippen molar-refractivity contribution in [3.05, 3.63) is 0 Å². The molecule has 1 heterocycles. The van der Waals surface area contributed by atoms with Crippen LogP contribution < -0.4 is 0 Å². The minimum Gasteiger partial charge on any atom is -0.480 e. The van der Waals surface area contributed by atoms with Crippen molar-refractivity contribution in [3.8, 4) is 0 Å². The Morgan fingerprint density at radius 2 is 2.08 bits per heavy atom. The summed E-state index contributed by atoms with van der Waals surface area (Å²) in [6.07, 6.45) is 1.61. The SMILES string of the molecule is CCC(C(=O)O)N1CCC(=O)CC1. The molecule has 0 aromatic heterocycles. The van der Waals surface area contributed by atoms with E-state index < -0.39 is 12.0 Å². The number of carboxylic acid groups (broad SMARTS) is 1. The minimum absolute atomic E-state index is 0.247. The fourth-order valence-electron chi connectivity index (χ4n) is 1.67. The first-order valence-corrected chi connectivity index (χ1v) is 4.63. The quantitative estimate of drug-likeness (QED) is 0.696. The van der Waals surface area contributed by atoms with Crippen LogP contribution in [0.2, 0.25) is 0 Å². The Morgan fingerprint density at radius 3 is 2.46 bits per heavy atom. The maximum absolute atomic E-state index is 10.9. The number of carbonyl (C=O) groups excluding carboxylic acids is 1. The van der Waals surface area contributed by atoms with Crippen molar-refractivity contribution in [2.75, 3.05) is 13.1 Å². The van der Waals surface area contributed by atoms with Gasteiger partial charge >= 0.3 is 5.97 Å². The lowest BCUT2D eigenvalue weighted by Crippen LogP contribution is -2.45. The molecule has 4 nitrogen and oxygen atoms in total. The summed E-state index contributed by atoms with van der Waals surface area (Å²) >= 11 is 0. The Morgan fingerprint density at radius 1 is 1.54 bits per heavy atom. The molecule has 74 valence electrons. The van der Waals surface area contributed by atoms with Gasteiger partial charge < -0.3 is 5.11 Å². The molecule has 1 unspecified atom stereocenters. The smallest absolute Gasteiger partial charge is 0.320 e. The molecule has 4 heteroatoms. The summed E-state index contributed by atoms with van der Waals surface area (Å²) in [5.74, 6) is -0.534. The first kappa shape index (κ1) is 10.2. The van der Waals surface area contributed by atoms with Crippen molar-refractivity contribution in [2.24, 2.45) is 0 Å². The fourth-order valence-corrected chi connectivity index (χ4v) is 1.67. The summed E-state index contributed by atoms with van der Waals surface area (Å²) in [4.78, 5) is 23.6. The fraction of sp³-hybridized carbons (Fsp3) is 0.778. The monoisotopic (exact) mass is 185 g/mol. The van der Waals surface area contributed by atoms with Crippen LogP contribution >= 0.6 is 0 Å². The maximum Gasteiger partial charge on any atom is 0.320 e. The van der Waals surface area contributed by atoms with Gasteiger partial charge in [-0.2, -0.15) is 0 Å². The zero-order valence-electron chi connectivity index (χ0n) is 7.82. The molecular formula is C9H15NO3. The molecule has 1 saturated heterocycles. The Bertz CT molecular complexity index is 205. The van der Waals surface area contributed by atoms with Crippen LogP contribution in [0.15, 0.2) is 0 Å². The second-order valence-electron chi connectivity index (χ2n) is 3.34. The molecule has 0 spiro atoms. The van der Waals surface area contributed by atoms with Crippen LogP contribution in [-0.2, 0) is 9.59 Å². The number of hydrogen-bond acceptors (Lipinski definition) is 3. The number of aliphatic carboxylic acids is 1. The number of nitrogens with zero attached hydrogens (tertiary/aromatic N) is 1. The lowest BCUT2D eigenvalue weighted by atomic mass is 10.1. The zero-order valence-corrected chi connectivity index (χ0v) is 7.82. The third-order valence-corrected chi connectivity index (χ3v) is 2.47. The number of ketones is 1. The van der Waals surface area contributed by atoms with Crippen LogP contribution in [0.25, 0.3) is 0 Å². The summed E-state index contributed by atoms with van der Waals surface area (Å²) < 4.78 is 0. The summed E-state index contributed by atoms with van der Waals surface area (Å²) in [5, 5.41) is 8.86. The van der Waals surface area contributed by atoms with E-state index >= 15 is 0 Å².